The fraction of sp³-hybridized carbons (Fsp3) is 0.538. The van der Waals surface area contributed by atoms with Gasteiger partial charge in [-0.05, 0) is 50.1 Å². The number of fused-ring (bicyclic) bond motifs is 1. The van der Waals surface area contributed by atoms with Crippen LogP contribution >= 0.6 is 0 Å². The molecule has 2 heteroatoms. The molecule has 0 aromatic heterocycles. The first kappa shape index (κ1) is 10.5. The fourth-order valence-corrected chi connectivity index (χ4v) is 2.25. The minimum Gasteiger partial charge on any atom is -0.496 e. The Balaban J connectivity index is 2.41. The Morgan fingerprint density at radius 2 is 2.07 bits per heavy atom. The van der Waals surface area contributed by atoms with Gasteiger partial charge in [0.15, 0.2) is 0 Å². The smallest absolute Gasteiger partial charge is 0.122 e. The van der Waals surface area contributed by atoms with E-state index in [2.05, 4.69) is 37.9 Å². The van der Waals surface area contributed by atoms with Crippen LogP contribution in [0.3, 0.4) is 0 Å². The van der Waals surface area contributed by atoms with E-state index in [0.29, 0.717) is 6.04 Å². The molecule has 1 atom stereocenters. The van der Waals surface area contributed by atoms with Gasteiger partial charge in [-0.1, -0.05) is 6.07 Å². The Morgan fingerprint density at radius 3 is 2.73 bits per heavy atom. The zero-order valence-electron chi connectivity index (χ0n) is 10.0. The van der Waals surface area contributed by atoms with Gasteiger partial charge in [0.25, 0.3) is 0 Å². The molecule has 0 radical (unpaired) electrons. The summed E-state index contributed by atoms with van der Waals surface area (Å²) in [7, 11) is 3.93. The normalized spacial score (nSPS) is 21.2. The van der Waals surface area contributed by atoms with Crippen molar-refractivity contribution < 1.29 is 4.74 Å². The highest BCUT2D eigenvalue weighted by atomic mass is 16.5. The van der Waals surface area contributed by atoms with Crippen molar-refractivity contribution in [1.29, 1.82) is 0 Å². The minimum atomic E-state index is 0.630. The van der Waals surface area contributed by atoms with E-state index in [1.165, 1.54) is 16.7 Å². The molecular weight excluding hydrogens is 186 g/mol. The summed E-state index contributed by atoms with van der Waals surface area (Å²) in [5.74, 6) is 1.02. The molecule has 1 aliphatic heterocycles. The van der Waals surface area contributed by atoms with E-state index in [4.69, 9.17) is 4.74 Å². The number of nitrogens with zero attached hydrogens (tertiary/aromatic N) is 1. The molecule has 0 spiro atoms. The van der Waals surface area contributed by atoms with Crippen LogP contribution in [0.1, 0.15) is 23.6 Å². The van der Waals surface area contributed by atoms with Crippen molar-refractivity contribution in [3.8, 4) is 5.75 Å². The number of benzene rings is 1. The molecule has 15 heavy (non-hydrogen) atoms. The molecule has 1 heterocycles. The lowest BCUT2D eigenvalue weighted by atomic mass is 9.93. The molecule has 1 aromatic carbocycles. The van der Waals surface area contributed by atoms with Gasteiger partial charge in [0.2, 0.25) is 0 Å². The number of ether oxygens (including phenoxy) is 1. The Kier molecular flexibility index (Phi) is 2.70. The maximum Gasteiger partial charge on any atom is 0.122 e. The molecule has 0 amide bonds. The van der Waals surface area contributed by atoms with Crippen LogP contribution in [0, 0.1) is 6.92 Å². The average molecular weight is 205 g/mol. The second kappa shape index (κ2) is 3.86. The topological polar surface area (TPSA) is 12.5 Å². The van der Waals surface area contributed by atoms with Crippen LogP contribution in [0.4, 0.5) is 0 Å². The third-order valence-electron chi connectivity index (χ3n) is 3.40. The highest BCUT2D eigenvalue weighted by Crippen LogP contribution is 2.28. The molecule has 2 nitrogen and oxygen atoms in total. The van der Waals surface area contributed by atoms with Crippen molar-refractivity contribution >= 4 is 0 Å². The minimum absolute atomic E-state index is 0.630. The third-order valence-corrected chi connectivity index (χ3v) is 3.40. The predicted octanol–water partition coefficient (Wildman–Crippen LogP) is 2.38. The second-order valence-electron chi connectivity index (χ2n) is 4.56. The molecule has 0 fully saturated rings. The highest BCUT2D eigenvalue weighted by Gasteiger charge is 2.20. The highest BCUT2D eigenvalue weighted by molar-refractivity contribution is 5.43. The summed E-state index contributed by atoms with van der Waals surface area (Å²) in [6.07, 6.45) is 1.13. The summed E-state index contributed by atoms with van der Waals surface area (Å²) < 4.78 is 5.36. The van der Waals surface area contributed by atoms with Gasteiger partial charge < -0.3 is 4.74 Å². The van der Waals surface area contributed by atoms with Crippen molar-refractivity contribution in [2.45, 2.75) is 32.9 Å². The summed E-state index contributed by atoms with van der Waals surface area (Å²) in [4.78, 5) is 2.40. The first-order chi connectivity index (χ1) is 7.11. The van der Waals surface area contributed by atoms with Gasteiger partial charge in [-0.2, -0.15) is 0 Å². The van der Waals surface area contributed by atoms with Gasteiger partial charge in [0, 0.05) is 12.6 Å². The van der Waals surface area contributed by atoms with Gasteiger partial charge >= 0.3 is 0 Å². The van der Waals surface area contributed by atoms with Gasteiger partial charge in [0.05, 0.1) is 7.11 Å². The van der Waals surface area contributed by atoms with E-state index in [-0.39, 0.29) is 0 Å². The van der Waals surface area contributed by atoms with Gasteiger partial charge in [-0.3, -0.25) is 4.90 Å². The van der Waals surface area contributed by atoms with E-state index in [0.717, 1.165) is 18.7 Å². The molecule has 2 rings (SSSR count). The number of aryl methyl sites for hydroxylation is 1. The summed E-state index contributed by atoms with van der Waals surface area (Å²) in [6, 6.07) is 5.09. The van der Waals surface area contributed by atoms with Crippen molar-refractivity contribution in [2.24, 2.45) is 0 Å². The Bertz CT molecular complexity index is 373. The number of likely N-dealkylation sites (N-methyl/N-ethyl adjacent to an activating group) is 1. The zero-order valence-corrected chi connectivity index (χ0v) is 10.0. The number of rotatable bonds is 1. The lowest BCUT2D eigenvalue weighted by Gasteiger charge is -2.32. The molecule has 1 aliphatic rings. The van der Waals surface area contributed by atoms with Gasteiger partial charge in [-0.15, -0.1) is 0 Å². The van der Waals surface area contributed by atoms with E-state index < -0.39 is 0 Å². The van der Waals surface area contributed by atoms with Crippen molar-refractivity contribution in [3.63, 3.8) is 0 Å². The van der Waals surface area contributed by atoms with Gasteiger partial charge in [0.1, 0.15) is 5.75 Å². The molecule has 0 aliphatic carbocycles. The van der Waals surface area contributed by atoms with Crippen LogP contribution in [0.5, 0.6) is 5.75 Å². The molecule has 0 bridgehead atoms. The molecular formula is C13H19NO. The summed E-state index contributed by atoms with van der Waals surface area (Å²) in [5, 5.41) is 0. The molecule has 0 saturated heterocycles. The summed E-state index contributed by atoms with van der Waals surface area (Å²) >= 11 is 0. The lowest BCUT2D eigenvalue weighted by molar-refractivity contribution is 0.230. The lowest BCUT2D eigenvalue weighted by Crippen LogP contribution is -2.35. The van der Waals surface area contributed by atoms with E-state index in [1.807, 2.05) is 0 Å². The third kappa shape index (κ3) is 1.86. The van der Waals surface area contributed by atoms with Crippen molar-refractivity contribution in [1.82, 2.24) is 4.90 Å². The molecule has 0 saturated carbocycles. The van der Waals surface area contributed by atoms with E-state index in [1.54, 1.807) is 7.11 Å². The monoisotopic (exact) mass is 205 g/mol. The van der Waals surface area contributed by atoms with Crippen LogP contribution in [0.2, 0.25) is 0 Å². The zero-order chi connectivity index (χ0) is 11.0. The SMILES string of the molecule is COc1cc2c(cc1C)CN(C)[C@@H](C)C2. The Hall–Kier alpha value is -1.02. The quantitative estimate of drug-likeness (QED) is 0.698. The number of hydrogen-bond acceptors (Lipinski definition) is 2. The number of methoxy groups -OCH3 is 1. The maximum atomic E-state index is 5.36. The van der Waals surface area contributed by atoms with E-state index in [9.17, 15) is 0 Å². The number of hydrogen-bond donors (Lipinski definition) is 0. The Morgan fingerprint density at radius 1 is 1.33 bits per heavy atom. The summed E-state index contributed by atoms with van der Waals surface area (Å²) in [5.41, 5.74) is 4.14. The molecule has 0 unspecified atom stereocenters. The molecule has 1 aromatic rings. The van der Waals surface area contributed by atoms with Crippen LogP contribution in [0.25, 0.3) is 0 Å². The second-order valence-corrected chi connectivity index (χ2v) is 4.56. The first-order valence-electron chi connectivity index (χ1n) is 5.48. The first-order valence-corrected chi connectivity index (χ1v) is 5.48. The van der Waals surface area contributed by atoms with Crippen LogP contribution in [0.15, 0.2) is 12.1 Å². The average Bonchev–Trinajstić information content (AvgIpc) is 2.20. The standard InChI is InChI=1S/C13H19NO/c1-9-5-12-8-14(3)10(2)6-11(12)7-13(9)15-4/h5,7,10H,6,8H2,1-4H3/t10-/m0/s1. The molecule has 0 N–H and O–H groups in total. The predicted molar refractivity (Wildman–Crippen MR) is 62.4 cm³/mol. The largest absolute Gasteiger partial charge is 0.496 e. The van der Waals surface area contributed by atoms with Crippen LogP contribution < -0.4 is 4.74 Å². The van der Waals surface area contributed by atoms with Crippen molar-refractivity contribution in [3.05, 3.63) is 28.8 Å². The van der Waals surface area contributed by atoms with Crippen molar-refractivity contribution in [2.75, 3.05) is 14.2 Å². The maximum absolute atomic E-state index is 5.36. The fourth-order valence-electron chi connectivity index (χ4n) is 2.25. The Labute approximate surface area is 91.9 Å². The van der Waals surface area contributed by atoms with E-state index >= 15 is 0 Å². The summed E-state index contributed by atoms with van der Waals surface area (Å²) in [6.45, 7) is 5.44. The van der Waals surface area contributed by atoms with Gasteiger partial charge in [-0.25, -0.2) is 0 Å². The van der Waals surface area contributed by atoms with Crippen LogP contribution in [-0.2, 0) is 13.0 Å². The van der Waals surface area contributed by atoms with Crippen LogP contribution in [-0.4, -0.2) is 25.1 Å². The molecule has 82 valence electrons.